The van der Waals surface area contributed by atoms with E-state index in [9.17, 15) is 14.7 Å². The number of carbonyl (C=O) groups is 2. The second-order valence-electron chi connectivity index (χ2n) is 7.40. The third-order valence-corrected chi connectivity index (χ3v) is 5.86. The summed E-state index contributed by atoms with van der Waals surface area (Å²) in [5.74, 6) is -0.822. The van der Waals surface area contributed by atoms with Crippen LogP contribution in [0, 0.1) is 0 Å². The van der Waals surface area contributed by atoms with Crippen LogP contribution in [0.4, 0.5) is 0 Å². The maximum Gasteiger partial charge on any atom is 0.314 e. The highest BCUT2D eigenvalue weighted by atomic mass is 16.4. The van der Waals surface area contributed by atoms with Gasteiger partial charge in [0.2, 0.25) is 5.91 Å². The minimum Gasteiger partial charge on any atom is -0.481 e. The number of aryl methyl sites for hydroxylation is 1. The van der Waals surface area contributed by atoms with E-state index in [1.165, 1.54) is 0 Å². The van der Waals surface area contributed by atoms with Crippen molar-refractivity contribution in [2.75, 3.05) is 13.1 Å². The van der Waals surface area contributed by atoms with E-state index in [4.69, 9.17) is 0 Å². The largest absolute Gasteiger partial charge is 0.481 e. The number of amides is 1. The molecular formula is C22H23N3O3. The van der Waals surface area contributed by atoms with Crippen LogP contribution in [0.25, 0.3) is 10.9 Å². The molecule has 144 valence electrons. The third kappa shape index (κ3) is 3.05. The molecule has 1 aliphatic rings. The first-order valence-electron chi connectivity index (χ1n) is 9.48. The number of carboxylic acids is 1. The van der Waals surface area contributed by atoms with Gasteiger partial charge in [0.25, 0.3) is 0 Å². The monoisotopic (exact) mass is 377 g/mol. The number of benzene rings is 2. The molecule has 0 bridgehead atoms. The van der Waals surface area contributed by atoms with E-state index < -0.39 is 11.4 Å². The van der Waals surface area contributed by atoms with Crippen LogP contribution in [0.2, 0.25) is 0 Å². The maximum atomic E-state index is 12.9. The van der Waals surface area contributed by atoms with E-state index >= 15 is 0 Å². The fraction of sp³-hybridized carbons (Fsp3) is 0.318. The first-order valence-corrected chi connectivity index (χ1v) is 9.48. The number of hydrogen-bond donors (Lipinski definition) is 1. The molecule has 28 heavy (non-hydrogen) atoms. The lowest BCUT2D eigenvalue weighted by atomic mass is 9.73. The van der Waals surface area contributed by atoms with Crippen molar-refractivity contribution in [1.29, 1.82) is 0 Å². The normalized spacial score (nSPS) is 16.2. The van der Waals surface area contributed by atoms with Gasteiger partial charge in [0.05, 0.1) is 23.0 Å². The molecule has 6 nitrogen and oxygen atoms in total. The number of aromatic nitrogens is 2. The standard InChI is InChI=1S/C22H23N3O3/c1-24-19-10-6-5-9-17(19)18(23-24)15-20(26)25-13-11-22(12-14-25,21(27)28)16-7-3-2-4-8-16/h2-10H,11-15H2,1H3,(H,27,28). The number of likely N-dealkylation sites (tertiary alicyclic amines) is 1. The fourth-order valence-corrected chi connectivity index (χ4v) is 4.20. The number of fused-ring (bicyclic) bond motifs is 1. The van der Waals surface area contributed by atoms with E-state index in [1.54, 1.807) is 9.58 Å². The summed E-state index contributed by atoms with van der Waals surface area (Å²) in [6, 6.07) is 17.2. The van der Waals surface area contributed by atoms with Crippen LogP contribution in [-0.4, -0.2) is 44.8 Å². The summed E-state index contributed by atoms with van der Waals surface area (Å²) in [6.45, 7) is 0.871. The van der Waals surface area contributed by atoms with Gasteiger partial charge in [-0.3, -0.25) is 14.3 Å². The minimum absolute atomic E-state index is 0.00379. The average Bonchev–Trinajstić information content (AvgIpc) is 3.04. The van der Waals surface area contributed by atoms with Crippen LogP contribution in [0.15, 0.2) is 54.6 Å². The zero-order chi connectivity index (χ0) is 19.7. The van der Waals surface area contributed by atoms with Crippen LogP contribution in [-0.2, 0) is 28.5 Å². The minimum atomic E-state index is -0.921. The molecule has 0 aliphatic carbocycles. The van der Waals surface area contributed by atoms with Crippen molar-refractivity contribution >= 4 is 22.8 Å². The first kappa shape index (κ1) is 18.2. The van der Waals surface area contributed by atoms with E-state index in [1.807, 2.05) is 61.6 Å². The molecule has 2 aromatic carbocycles. The highest BCUT2D eigenvalue weighted by Gasteiger charge is 2.43. The number of nitrogens with zero attached hydrogens (tertiary/aromatic N) is 3. The molecular weight excluding hydrogens is 354 g/mol. The Labute approximate surface area is 163 Å². The van der Waals surface area contributed by atoms with Crippen molar-refractivity contribution in [3.63, 3.8) is 0 Å². The van der Waals surface area contributed by atoms with Crippen molar-refractivity contribution in [2.45, 2.75) is 24.7 Å². The number of rotatable bonds is 4. The van der Waals surface area contributed by atoms with Crippen LogP contribution in [0.1, 0.15) is 24.1 Å². The molecule has 1 N–H and O–H groups in total. The van der Waals surface area contributed by atoms with Gasteiger partial charge >= 0.3 is 5.97 Å². The van der Waals surface area contributed by atoms with E-state index in [0.717, 1.165) is 22.2 Å². The number of para-hydroxylation sites is 1. The van der Waals surface area contributed by atoms with Crippen molar-refractivity contribution in [3.05, 3.63) is 65.9 Å². The van der Waals surface area contributed by atoms with Gasteiger partial charge in [-0.05, 0) is 24.5 Å². The van der Waals surface area contributed by atoms with E-state index in [-0.39, 0.29) is 12.3 Å². The number of carboxylic acid groups (broad SMARTS) is 1. The van der Waals surface area contributed by atoms with Crippen LogP contribution >= 0.6 is 0 Å². The number of aliphatic carboxylic acids is 1. The fourth-order valence-electron chi connectivity index (χ4n) is 4.20. The molecule has 3 aromatic rings. The second-order valence-corrected chi connectivity index (χ2v) is 7.40. The van der Waals surface area contributed by atoms with Gasteiger partial charge in [-0.2, -0.15) is 5.10 Å². The number of carbonyl (C=O) groups excluding carboxylic acids is 1. The molecule has 0 unspecified atom stereocenters. The van der Waals surface area contributed by atoms with Crippen molar-refractivity contribution < 1.29 is 14.7 Å². The highest BCUT2D eigenvalue weighted by Crippen LogP contribution is 2.36. The molecule has 1 fully saturated rings. The predicted molar refractivity (Wildman–Crippen MR) is 106 cm³/mol. The lowest BCUT2D eigenvalue weighted by Crippen LogP contribution is -2.49. The summed E-state index contributed by atoms with van der Waals surface area (Å²) in [7, 11) is 1.87. The van der Waals surface area contributed by atoms with Crippen molar-refractivity contribution in [2.24, 2.45) is 7.05 Å². The summed E-state index contributed by atoms with van der Waals surface area (Å²) in [6.07, 6.45) is 1.06. The molecule has 1 saturated heterocycles. The Kier molecular flexibility index (Phi) is 4.63. The second kappa shape index (κ2) is 7.11. The van der Waals surface area contributed by atoms with Gasteiger partial charge in [0.15, 0.2) is 0 Å². The van der Waals surface area contributed by atoms with Crippen molar-refractivity contribution in [1.82, 2.24) is 14.7 Å². The molecule has 1 aromatic heterocycles. The summed E-state index contributed by atoms with van der Waals surface area (Å²) in [4.78, 5) is 26.7. The zero-order valence-electron chi connectivity index (χ0n) is 15.8. The predicted octanol–water partition coefficient (Wildman–Crippen LogP) is 2.76. The molecule has 0 saturated carbocycles. The number of piperidine rings is 1. The van der Waals surface area contributed by atoms with E-state index in [2.05, 4.69) is 5.10 Å². The zero-order valence-corrected chi connectivity index (χ0v) is 15.8. The van der Waals surface area contributed by atoms with Gasteiger partial charge in [0, 0.05) is 25.5 Å². The highest BCUT2D eigenvalue weighted by molar-refractivity contribution is 5.88. The van der Waals surface area contributed by atoms with E-state index in [0.29, 0.717) is 25.9 Å². The Balaban J connectivity index is 1.50. The van der Waals surface area contributed by atoms with Gasteiger partial charge < -0.3 is 10.0 Å². The summed E-state index contributed by atoms with van der Waals surface area (Å²) >= 11 is 0. The van der Waals surface area contributed by atoms with Gasteiger partial charge in [0.1, 0.15) is 0 Å². The Hall–Kier alpha value is -3.15. The Morgan fingerprint density at radius 3 is 2.36 bits per heavy atom. The average molecular weight is 377 g/mol. The molecule has 0 spiro atoms. The molecule has 0 radical (unpaired) electrons. The quantitative estimate of drug-likeness (QED) is 0.759. The number of hydrogen-bond acceptors (Lipinski definition) is 3. The Morgan fingerprint density at radius 2 is 1.68 bits per heavy atom. The Morgan fingerprint density at radius 1 is 1.04 bits per heavy atom. The summed E-state index contributed by atoms with van der Waals surface area (Å²) in [5, 5.41) is 15.4. The lowest BCUT2D eigenvalue weighted by molar-refractivity contribution is -0.148. The SMILES string of the molecule is Cn1nc(CC(=O)N2CCC(C(=O)O)(c3ccccc3)CC2)c2ccccc21. The lowest BCUT2D eigenvalue weighted by Gasteiger charge is -2.39. The molecule has 1 aliphatic heterocycles. The van der Waals surface area contributed by atoms with Crippen LogP contribution in [0.5, 0.6) is 0 Å². The topological polar surface area (TPSA) is 75.4 Å². The first-order chi connectivity index (χ1) is 13.5. The van der Waals surface area contributed by atoms with Crippen molar-refractivity contribution in [3.8, 4) is 0 Å². The Bertz CT molecular complexity index is 1020. The molecule has 6 heteroatoms. The molecule has 1 amide bonds. The molecule has 4 rings (SSSR count). The summed E-state index contributed by atoms with van der Waals surface area (Å²) in [5.41, 5.74) is 1.65. The molecule has 2 heterocycles. The van der Waals surface area contributed by atoms with Gasteiger partial charge in [-0.25, -0.2) is 0 Å². The third-order valence-electron chi connectivity index (χ3n) is 5.86. The molecule has 0 atom stereocenters. The van der Waals surface area contributed by atoms with Crippen LogP contribution in [0.3, 0.4) is 0 Å². The van der Waals surface area contributed by atoms with Crippen LogP contribution < -0.4 is 0 Å². The van der Waals surface area contributed by atoms with Gasteiger partial charge in [-0.1, -0.05) is 48.5 Å². The maximum absolute atomic E-state index is 12.9. The smallest absolute Gasteiger partial charge is 0.314 e. The van der Waals surface area contributed by atoms with Gasteiger partial charge in [-0.15, -0.1) is 0 Å². The summed E-state index contributed by atoms with van der Waals surface area (Å²) < 4.78 is 1.79.